The fraction of sp³-hybridized carbons (Fsp3) is 0.133. The van der Waals surface area contributed by atoms with E-state index in [1.165, 1.54) is 0 Å². The van der Waals surface area contributed by atoms with Crippen LogP contribution in [-0.4, -0.2) is 13.0 Å². The van der Waals surface area contributed by atoms with E-state index in [4.69, 9.17) is 20.9 Å². The van der Waals surface area contributed by atoms with Gasteiger partial charge in [-0.2, -0.15) is 0 Å². The highest BCUT2D eigenvalue weighted by Gasteiger charge is 2.09. The van der Waals surface area contributed by atoms with Gasteiger partial charge in [0, 0.05) is 22.9 Å². The molecule has 2 rings (SSSR count). The van der Waals surface area contributed by atoms with E-state index in [1.807, 2.05) is 6.07 Å². The van der Waals surface area contributed by atoms with Crippen molar-refractivity contribution in [3.05, 3.63) is 53.6 Å². The van der Waals surface area contributed by atoms with Crippen molar-refractivity contribution in [1.29, 1.82) is 0 Å². The molecule has 0 spiro atoms. The summed E-state index contributed by atoms with van der Waals surface area (Å²) in [6, 6.07) is 12.2. The molecule has 0 aliphatic carbocycles. The average molecular weight is 272 g/mol. The lowest BCUT2D eigenvalue weighted by atomic mass is 10.1. The van der Waals surface area contributed by atoms with Gasteiger partial charge < -0.3 is 20.9 Å². The van der Waals surface area contributed by atoms with Crippen molar-refractivity contribution in [1.82, 2.24) is 0 Å². The summed E-state index contributed by atoms with van der Waals surface area (Å²) >= 11 is 0. The highest BCUT2D eigenvalue weighted by molar-refractivity contribution is 5.94. The maximum Gasteiger partial charge on any atom is 0.249 e. The number of anilines is 1. The lowest BCUT2D eigenvalue weighted by Crippen LogP contribution is -2.14. The predicted octanol–water partition coefficient (Wildman–Crippen LogP) is 1.96. The van der Waals surface area contributed by atoms with E-state index in [2.05, 4.69) is 0 Å². The summed E-state index contributed by atoms with van der Waals surface area (Å²) in [4.78, 5) is 11.3. The molecule has 0 heterocycles. The molecular formula is C15H16N2O3. The molecule has 0 saturated heterocycles. The van der Waals surface area contributed by atoms with Crippen LogP contribution in [0, 0.1) is 0 Å². The summed E-state index contributed by atoms with van der Waals surface area (Å²) < 4.78 is 10.9. The van der Waals surface area contributed by atoms with Gasteiger partial charge in [-0.15, -0.1) is 0 Å². The molecule has 0 bridgehead atoms. The lowest BCUT2D eigenvalue weighted by molar-refractivity contribution is 0.0998. The van der Waals surface area contributed by atoms with Gasteiger partial charge in [0.1, 0.15) is 6.61 Å². The zero-order chi connectivity index (χ0) is 14.5. The molecular weight excluding hydrogens is 256 g/mol. The molecule has 0 unspecified atom stereocenters. The molecule has 20 heavy (non-hydrogen) atoms. The highest BCUT2D eigenvalue weighted by Crippen LogP contribution is 2.29. The third kappa shape index (κ3) is 3.00. The molecule has 5 heteroatoms. The Morgan fingerprint density at radius 3 is 2.60 bits per heavy atom. The molecule has 0 saturated carbocycles. The third-order valence-electron chi connectivity index (χ3n) is 2.85. The van der Waals surface area contributed by atoms with Crippen molar-refractivity contribution in [2.24, 2.45) is 5.73 Å². The average Bonchev–Trinajstić information content (AvgIpc) is 2.46. The Balaban J connectivity index is 2.19. The molecule has 5 nitrogen and oxygen atoms in total. The van der Waals surface area contributed by atoms with Gasteiger partial charge in [0.05, 0.1) is 7.11 Å². The van der Waals surface area contributed by atoms with Gasteiger partial charge in [-0.25, -0.2) is 0 Å². The number of carbonyl (C=O) groups excluding carboxylic acids is 1. The molecule has 1 amide bonds. The Morgan fingerprint density at radius 2 is 1.90 bits per heavy atom. The van der Waals surface area contributed by atoms with Crippen LogP contribution in [0.5, 0.6) is 11.5 Å². The molecule has 0 aromatic heterocycles. The van der Waals surface area contributed by atoms with E-state index in [-0.39, 0.29) is 6.61 Å². The first-order valence-corrected chi connectivity index (χ1v) is 6.06. The number of benzene rings is 2. The first-order chi connectivity index (χ1) is 9.61. The molecule has 0 aliphatic rings. The number of rotatable bonds is 5. The molecule has 0 aliphatic heterocycles. The summed E-state index contributed by atoms with van der Waals surface area (Å²) in [6.45, 7) is 0.222. The van der Waals surface area contributed by atoms with Crippen LogP contribution in [0.1, 0.15) is 15.9 Å². The van der Waals surface area contributed by atoms with Crippen LogP contribution in [0.15, 0.2) is 42.5 Å². The number of ether oxygens (including phenoxy) is 2. The van der Waals surface area contributed by atoms with E-state index >= 15 is 0 Å². The predicted molar refractivity (Wildman–Crippen MR) is 76.7 cm³/mol. The Hall–Kier alpha value is -2.69. The summed E-state index contributed by atoms with van der Waals surface area (Å²) in [5.74, 6) is 0.621. The van der Waals surface area contributed by atoms with E-state index < -0.39 is 5.91 Å². The number of hydrogen-bond acceptors (Lipinski definition) is 4. The number of nitrogen functional groups attached to an aromatic ring is 1. The van der Waals surface area contributed by atoms with Gasteiger partial charge in [-0.3, -0.25) is 4.79 Å². The van der Waals surface area contributed by atoms with Gasteiger partial charge in [-0.05, 0) is 18.2 Å². The van der Waals surface area contributed by atoms with Crippen molar-refractivity contribution >= 4 is 11.6 Å². The minimum absolute atomic E-state index is 0.222. The first kappa shape index (κ1) is 13.7. The smallest absolute Gasteiger partial charge is 0.249 e. The van der Waals surface area contributed by atoms with Crippen molar-refractivity contribution in [2.45, 2.75) is 6.61 Å². The van der Waals surface area contributed by atoms with Crippen molar-refractivity contribution in [3.8, 4) is 11.5 Å². The molecule has 0 fully saturated rings. The van der Waals surface area contributed by atoms with Crippen molar-refractivity contribution in [2.75, 3.05) is 12.8 Å². The number of carbonyl (C=O) groups is 1. The SMILES string of the molecule is COc1cc(N)ccc1OCc1ccccc1C(N)=O. The summed E-state index contributed by atoms with van der Waals surface area (Å²) in [5.41, 5.74) is 12.8. The van der Waals surface area contributed by atoms with Gasteiger partial charge in [0.15, 0.2) is 11.5 Å². The Kier molecular flexibility index (Phi) is 4.10. The van der Waals surface area contributed by atoms with Crippen molar-refractivity contribution in [3.63, 3.8) is 0 Å². The number of primary amides is 1. The fourth-order valence-corrected chi connectivity index (χ4v) is 1.85. The Labute approximate surface area is 117 Å². The van der Waals surface area contributed by atoms with Crippen LogP contribution in [0.2, 0.25) is 0 Å². The van der Waals surface area contributed by atoms with E-state index in [9.17, 15) is 4.79 Å². The largest absolute Gasteiger partial charge is 0.493 e. The first-order valence-electron chi connectivity index (χ1n) is 6.06. The van der Waals surface area contributed by atoms with E-state index in [0.29, 0.717) is 22.7 Å². The number of methoxy groups -OCH3 is 1. The zero-order valence-corrected chi connectivity index (χ0v) is 11.1. The lowest BCUT2D eigenvalue weighted by Gasteiger charge is -2.12. The molecule has 0 radical (unpaired) electrons. The maximum atomic E-state index is 11.3. The second kappa shape index (κ2) is 5.97. The van der Waals surface area contributed by atoms with Gasteiger partial charge in [0.25, 0.3) is 0 Å². The molecule has 2 aromatic rings. The van der Waals surface area contributed by atoms with Crippen LogP contribution in [0.4, 0.5) is 5.69 Å². The topological polar surface area (TPSA) is 87.6 Å². The van der Waals surface area contributed by atoms with Crippen LogP contribution in [0.25, 0.3) is 0 Å². The van der Waals surface area contributed by atoms with Crippen LogP contribution in [-0.2, 0) is 6.61 Å². The minimum Gasteiger partial charge on any atom is -0.493 e. The second-order valence-electron chi connectivity index (χ2n) is 4.22. The standard InChI is InChI=1S/C15H16N2O3/c1-19-14-8-11(16)6-7-13(14)20-9-10-4-2-3-5-12(10)15(17)18/h2-8H,9,16H2,1H3,(H2,17,18). The number of amides is 1. The fourth-order valence-electron chi connectivity index (χ4n) is 1.85. The van der Waals surface area contributed by atoms with E-state index in [0.717, 1.165) is 5.56 Å². The van der Waals surface area contributed by atoms with Crippen molar-refractivity contribution < 1.29 is 14.3 Å². The molecule has 2 aromatic carbocycles. The Morgan fingerprint density at radius 1 is 1.15 bits per heavy atom. The van der Waals surface area contributed by atoms with Gasteiger partial charge in [0.2, 0.25) is 5.91 Å². The van der Waals surface area contributed by atoms with Crippen LogP contribution in [0.3, 0.4) is 0 Å². The molecule has 4 N–H and O–H groups in total. The van der Waals surface area contributed by atoms with Crippen LogP contribution < -0.4 is 20.9 Å². The molecule has 0 atom stereocenters. The second-order valence-corrected chi connectivity index (χ2v) is 4.22. The molecule has 104 valence electrons. The number of nitrogens with two attached hydrogens (primary N) is 2. The summed E-state index contributed by atoms with van der Waals surface area (Å²) in [6.07, 6.45) is 0. The zero-order valence-electron chi connectivity index (χ0n) is 11.1. The Bertz CT molecular complexity index is 626. The maximum absolute atomic E-state index is 11.3. The highest BCUT2D eigenvalue weighted by atomic mass is 16.5. The van der Waals surface area contributed by atoms with Gasteiger partial charge in [-0.1, -0.05) is 18.2 Å². The summed E-state index contributed by atoms with van der Waals surface area (Å²) in [7, 11) is 1.54. The number of hydrogen-bond donors (Lipinski definition) is 2. The normalized spacial score (nSPS) is 10.1. The summed E-state index contributed by atoms with van der Waals surface area (Å²) in [5, 5.41) is 0. The third-order valence-corrected chi connectivity index (χ3v) is 2.85. The minimum atomic E-state index is -0.478. The van der Waals surface area contributed by atoms with Crippen LogP contribution >= 0.6 is 0 Å². The quantitative estimate of drug-likeness (QED) is 0.814. The monoisotopic (exact) mass is 272 g/mol. The van der Waals surface area contributed by atoms with Gasteiger partial charge >= 0.3 is 0 Å². The van der Waals surface area contributed by atoms with E-state index in [1.54, 1.807) is 43.5 Å².